The summed E-state index contributed by atoms with van der Waals surface area (Å²) in [5, 5.41) is 0.538. The highest BCUT2D eigenvalue weighted by molar-refractivity contribution is 6.32. The van der Waals surface area contributed by atoms with Gasteiger partial charge in [-0.25, -0.2) is 4.98 Å². The molecule has 1 rings (SSSR count). The number of aromatic nitrogens is 1. The molecule has 0 aliphatic carbocycles. The van der Waals surface area contributed by atoms with E-state index in [1.165, 1.54) is 7.11 Å². The third-order valence-electron chi connectivity index (χ3n) is 1.45. The smallest absolute Gasteiger partial charge is 0.310 e. The first-order chi connectivity index (χ1) is 6.13. The third-order valence-corrected chi connectivity index (χ3v) is 1.99. The van der Waals surface area contributed by atoms with Crippen LogP contribution in [0.4, 0.5) is 0 Å². The van der Waals surface area contributed by atoms with Gasteiger partial charge in [0, 0.05) is 5.56 Å². The van der Waals surface area contributed by atoms with E-state index in [0.717, 1.165) is 0 Å². The number of hydrogen-bond acceptors (Lipinski definition) is 3. The molecule has 5 heteroatoms. The van der Waals surface area contributed by atoms with Gasteiger partial charge in [-0.3, -0.25) is 4.79 Å². The van der Waals surface area contributed by atoms with Gasteiger partial charge < -0.3 is 4.74 Å². The predicted octanol–water partition coefficient (Wildman–Crippen LogP) is 2.10. The summed E-state index contributed by atoms with van der Waals surface area (Å²) in [6.07, 6.45) is 0.111. The molecular weight excluding hydrogens is 213 g/mol. The Morgan fingerprint density at radius 2 is 2.23 bits per heavy atom. The molecular formula is C8H7Cl2NO2. The molecule has 1 aromatic heterocycles. The molecule has 0 N–H and O–H groups in total. The zero-order chi connectivity index (χ0) is 9.84. The summed E-state index contributed by atoms with van der Waals surface area (Å²) in [4.78, 5) is 14.7. The number of carbonyl (C=O) groups excluding carboxylic acids is 1. The van der Waals surface area contributed by atoms with E-state index in [0.29, 0.717) is 10.7 Å². The van der Waals surface area contributed by atoms with Crippen molar-refractivity contribution in [3.63, 3.8) is 0 Å². The third kappa shape index (κ3) is 2.86. The summed E-state index contributed by atoms with van der Waals surface area (Å²) in [5.41, 5.74) is 0.609. The minimum atomic E-state index is -0.356. The number of esters is 1. The predicted molar refractivity (Wildman–Crippen MR) is 50.0 cm³/mol. The van der Waals surface area contributed by atoms with Crippen molar-refractivity contribution in [2.24, 2.45) is 0 Å². The van der Waals surface area contributed by atoms with Crippen molar-refractivity contribution in [1.29, 1.82) is 0 Å². The molecule has 0 saturated heterocycles. The molecule has 3 nitrogen and oxygen atoms in total. The SMILES string of the molecule is COC(=O)Cc1ccc(Cl)nc1Cl. The lowest BCUT2D eigenvalue weighted by molar-refractivity contribution is -0.139. The number of methoxy groups -OCH3 is 1. The number of hydrogen-bond donors (Lipinski definition) is 0. The van der Waals surface area contributed by atoms with Gasteiger partial charge >= 0.3 is 5.97 Å². The largest absolute Gasteiger partial charge is 0.469 e. The summed E-state index contributed by atoms with van der Waals surface area (Å²) in [6.45, 7) is 0. The van der Waals surface area contributed by atoms with Crippen LogP contribution in [-0.2, 0) is 16.0 Å². The average molecular weight is 220 g/mol. The van der Waals surface area contributed by atoms with Crippen LogP contribution in [0.1, 0.15) is 5.56 Å². The maximum absolute atomic E-state index is 10.9. The molecule has 1 aromatic rings. The number of ether oxygens (including phenoxy) is 1. The summed E-state index contributed by atoms with van der Waals surface area (Å²) < 4.78 is 4.48. The molecule has 0 aliphatic rings. The van der Waals surface area contributed by atoms with Crippen LogP contribution in [-0.4, -0.2) is 18.1 Å². The fourth-order valence-corrected chi connectivity index (χ4v) is 1.21. The van der Waals surface area contributed by atoms with Crippen LogP contribution in [0.2, 0.25) is 10.3 Å². The fraction of sp³-hybridized carbons (Fsp3) is 0.250. The van der Waals surface area contributed by atoms with Gasteiger partial charge in [0.25, 0.3) is 0 Å². The Morgan fingerprint density at radius 1 is 1.54 bits per heavy atom. The second-order valence-electron chi connectivity index (χ2n) is 2.34. The molecule has 0 atom stereocenters. The fourth-order valence-electron chi connectivity index (χ4n) is 0.800. The first kappa shape index (κ1) is 10.3. The van der Waals surface area contributed by atoms with Crippen molar-refractivity contribution in [3.8, 4) is 0 Å². The van der Waals surface area contributed by atoms with E-state index in [9.17, 15) is 4.79 Å². The Morgan fingerprint density at radius 3 is 2.77 bits per heavy atom. The number of nitrogens with zero attached hydrogens (tertiary/aromatic N) is 1. The number of halogens is 2. The van der Waals surface area contributed by atoms with Crippen LogP contribution in [0.3, 0.4) is 0 Å². The average Bonchev–Trinajstić information content (AvgIpc) is 2.09. The van der Waals surface area contributed by atoms with Crippen LogP contribution in [0.25, 0.3) is 0 Å². The molecule has 0 fully saturated rings. The van der Waals surface area contributed by atoms with E-state index in [1.54, 1.807) is 12.1 Å². The molecule has 0 radical (unpaired) electrons. The monoisotopic (exact) mass is 219 g/mol. The van der Waals surface area contributed by atoms with Gasteiger partial charge in [0.2, 0.25) is 0 Å². The minimum Gasteiger partial charge on any atom is -0.469 e. The van der Waals surface area contributed by atoms with Crippen molar-refractivity contribution in [2.75, 3.05) is 7.11 Å². The lowest BCUT2D eigenvalue weighted by Gasteiger charge is -2.01. The molecule has 1 heterocycles. The molecule has 0 aliphatic heterocycles. The maximum atomic E-state index is 10.9. The van der Waals surface area contributed by atoms with E-state index in [2.05, 4.69) is 9.72 Å². The first-order valence-electron chi connectivity index (χ1n) is 3.51. The highest BCUT2D eigenvalue weighted by Crippen LogP contribution is 2.17. The summed E-state index contributed by atoms with van der Waals surface area (Å²) in [5.74, 6) is -0.356. The summed E-state index contributed by atoms with van der Waals surface area (Å²) >= 11 is 11.3. The molecule has 0 amide bonds. The normalized spacial score (nSPS) is 9.77. The topological polar surface area (TPSA) is 39.2 Å². The number of rotatable bonds is 2. The molecule has 0 saturated carbocycles. The molecule has 0 aromatic carbocycles. The highest BCUT2D eigenvalue weighted by Gasteiger charge is 2.07. The second-order valence-corrected chi connectivity index (χ2v) is 3.08. The van der Waals surface area contributed by atoms with E-state index >= 15 is 0 Å². The van der Waals surface area contributed by atoms with Crippen LogP contribution in [0.15, 0.2) is 12.1 Å². The lowest BCUT2D eigenvalue weighted by Crippen LogP contribution is -2.05. The molecule has 0 bridgehead atoms. The van der Waals surface area contributed by atoms with Gasteiger partial charge in [-0.1, -0.05) is 29.3 Å². The van der Waals surface area contributed by atoms with Gasteiger partial charge in [0.05, 0.1) is 13.5 Å². The van der Waals surface area contributed by atoms with Crippen LogP contribution >= 0.6 is 23.2 Å². The maximum Gasteiger partial charge on any atom is 0.310 e. The van der Waals surface area contributed by atoms with E-state index < -0.39 is 0 Å². The second kappa shape index (κ2) is 4.44. The zero-order valence-electron chi connectivity index (χ0n) is 6.88. The van der Waals surface area contributed by atoms with Crippen LogP contribution in [0, 0.1) is 0 Å². The Labute approximate surface area is 85.6 Å². The standard InChI is InChI=1S/C8H7Cl2NO2/c1-13-7(12)4-5-2-3-6(9)11-8(5)10/h2-3H,4H2,1H3. The Balaban J connectivity index is 2.83. The Hall–Kier alpha value is -0.800. The van der Waals surface area contributed by atoms with Gasteiger partial charge in [0.1, 0.15) is 10.3 Å². The summed E-state index contributed by atoms with van der Waals surface area (Å²) in [6, 6.07) is 3.22. The quantitative estimate of drug-likeness (QED) is 0.565. The minimum absolute atomic E-state index is 0.111. The number of carbonyl (C=O) groups is 1. The molecule has 0 unspecified atom stereocenters. The van der Waals surface area contributed by atoms with Gasteiger partial charge in [-0.05, 0) is 6.07 Å². The zero-order valence-corrected chi connectivity index (χ0v) is 8.39. The van der Waals surface area contributed by atoms with E-state index in [-0.39, 0.29) is 17.5 Å². The number of pyridine rings is 1. The first-order valence-corrected chi connectivity index (χ1v) is 4.27. The van der Waals surface area contributed by atoms with Crippen molar-refractivity contribution in [3.05, 3.63) is 28.0 Å². The highest BCUT2D eigenvalue weighted by atomic mass is 35.5. The Bertz CT molecular complexity index is 328. The van der Waals surface area contributed by atoms with Crippen LogP contribution < -0.4 is 0 Å². The van der Waals surface area contributed by atoms with Crippen molar-refractivity contribution in [2.45, 2.75) is 6.42 Å². The lowest BCUT2D eigenvalue weighted by atomic mass is 10.2. The van der Waals surface area contributed by atoms with E-state index in [4.69, 9.17) is 23.2 Å². The van der Waals surface area contributed by atoms with Gasteiger partial charge in [-0.2, -0.15) is 0 Å². The van der Waals surface area contributed by atoms with Crippen molar-refractivity contribution < 1.29 is 9.53 Å². The van der Waals surface area contributed by atoms with Crippen LogP contribution in [0.5, 0.6) is 0 Å². The summed E-state index contributed by atoms with van der Waals surface area (Å²) in [7, 11) is 1.32. The molecule has 0 spiro atoms. The van der Waals surface area contributed by atoms with Crippen molar-refractivity contribution >= 4 is 29.2 Å². The van der Waals surface area contributed by atoms with E-state index in [1.807, 2.05) is 0 Å². The molecule has 13 heavy (non-hydrogen) atoms. The molecule has 70 valence electrons. The van der Waals surface area contributed by atoms with Gasteiger partial charge in [-0.15, -0.1) is 0 Å². The Kier molecular flexibility index (Phi) is 3.51. The van der Waals surface area contributed by atoms with Gasteiger partial charge in [0.15, 0.2) is 0 Å². The van der Waals surface area contributed by atoms with Crippen molar-refractivity contribution in [1.82, 2.24) is 4.98 Å².